The minimum absolute atomic E-state index is 0.289. The van der Waals surface area contributed by atoms with Crippen LogP contribution < -0.4 is 0 Å². The van der Waals surface area contributed by atoms with Gasteiger partial charge in [-0.3, -0.25) is 0 Å². The van der Waals surface area contributed by atoms with E-state index in [1.807, 2.05) is 6.08 Å². The molecule has 0 aromatic carbocycles. The normalized spacial score (nSPS) is 12.9. The number of hydrogen-bond donors (Lipinski definition) is 0. The summed E-state index contributed by atoms with van der Waals surface area (Å²) in [4.78, 5) is 0. The summed E-state index contributed by atoms with van der Waals surface area (Å²) < 4.78 is 10.2. The molecule has 11 heavy (non-hydrogen) atoms. The molecule has 0 bridgehead atoms. The van der Waals surface area contributed by atoms with Crippen molar-refractivity contribution in [3.63, 3.8) is 0 Å². The molecule has 0 radical (unpaired) electrons. The summed E-state index contributed by atoms with van der Waals surface area (Å²) in [6, 6.07) is 0. The Morgan fingerprint density at radius 2 is 2.27 bits per heavy atom. The lowest BCUT2D eigenvalue weighted by Crippen LogP contribution is -2.13. The van der Waals surface area contributed by atoms with E-state index in [0.29, 0.717) is 6.79 Å². The summed E-state index contributed by atoms with van der Waals surface area (Å²) in [5.41, 5.74) is 0. The molecule has 0 saturated carbocycles. The summed E-state index contributed by atoms with van der Waals surface area (Å²) in [5, 5.41) is 0. The maximum absolute atomic E-state index is 5.38. The Balaban J connectivity index is 3.41. The molecule has 66 valence electrons. The molecule has 0 fully saturated rings. The summed E-state index contributed by atoms with van der Waals surface area (Å²) in [6.07, 6.45) is 5.31. The second-order valence-corrected chi connectivity index (χ2v) is 2.51. The third-order valence-electron chi connectivity index (χ3n) is 1.46. The maximum atomic E-state index is 5.38. The number of ether oxygens (including phenoxy) is 2. The number of hydrogen-bond acceptors (Lipinski definition) is 2. The smallest absolute Gasteiger partial charge is 0.146 e. The minimum atomic E-state index is 0.289. The van der Waals surface area contributed by atoms with Gasteiger partial charge in [-0.25, -0.2) is 0 Å². The van der Waals surface area contributed by atoms with Crippen LogP contribution in [0.5, 0.6) is 0 Å². The van der Waals surface area contributed by atoms with Gasteiger partial charge in [0.15, 0.2) is 0 Å². The molecule has 0 spiro atoms. The highest BCUT2D eigenvalue weighted by atomic mass is 16.7. The van der Waals surface area contributed by atoms with E-state index in [2.05, 4.69) is 13.5 Å². The molecule has 0 aliphatic carbocycles. The molecule has 0 aromatic rings. The van der Waals surface area contributed by atoms with Gasteiger partial charge in [0.05, 0.1) is 6.10 Å². The van der Waals surface area contributed by atoms with Crippen molar-refractivity contribution < 1.29 is 9.47 Å². The summed E-state index contributed by atoms with van der Waals surface area (Å²) in [7, 11) is 1.64. The van der Waals surface area contributed by atoms with E-state index in [4.69, 9.17) is 9.47 Å². The molecule has 1 atom stereocenters. The highest BCUT2D eigenvalue weighted by molar-refractivity contribution is 4.72. The van der Waals surface area contributed by atoms with Crippen molar-refractivity contribution in [2.45, 2.75) is 32.3 Å². The quantitative estimate of drug-likeness (QED) is 0.418. The Morgan fingerprint density at radius 3 is 2.73 bits per heavy atom. The summed E-state index contributed by atoms with van der Waals surface area (Å²) in [5.74, 6) is 0. The molecule has 0 aliphatic rings. The fraction of sp³-hybridized carbons (Fsp3) is 0.778. The number of rotatable bonds is 7. The largest absolute Gasteiger partial charge is 0.359 e. The second kappa shape index (κ2) is 7.76. The van der Waals surface area contributed by atoms with Crippen LogP contribution in [0.1, 0.15) is 26.2 Å². The Labute approximate surface area is 69.2 Å². The second-order valence-electron chi connectivity index (χ2n) is 2.51. The van der Waals surface area contributed by atoms with Crippen molar-refractivity contribution in [3.8, 4) is 0 Å². The van der Waals surface area contributed by atoms with Crippen molar-refractivity contribution in [1.29, 1.82) is 0 Å². The van der Waals surface area contributed by atoms with Gasteiger partial charge in [-0.05, 0) is 12.8 Å². The van der Waals surface area contributed by atoms with E-state index in [-0.39, 0.29) is 6.10 Å². The zero-order chi connectivity index (χ0) is 8.53. The molecule has 0 unspecified atom stereocenters. The zero-order valence-electron chi connectivity index (χ0n) is 7.51. The van der Waals surface area contributed by atoms with Crippen LogP contribution in [0.15, 0.2) is 12.7 Å². The van der Waals surface area contributed by atoms with Gasteiger partial charge in [0.25, 0.3) is 0 Å². The maximum Gasteiger partial charge on any atom is 0.146 e. The van der Waals surface area contributed by atoms with Crippen LogP contribution in [0.25, 0.3) is 0 Å². The molecule has 0 N–H and O–H groups in total. The van der Waals surface area contributed by atoms with Crippen LogP contribution in [0, 0.1) is 0 Å². The van der Waals surface area contributed by atoms with Gasteiger partial charge in [-0.15, -0.1) is 6.58 Å². The predicted octanol–water partition coefficient (Wildman–Crippen LogP) is 2.35. The van der Waals surface area contributed by atoms with Gasteiger partial charge in [0, 0.05) is 7.11 Å². The van der Waals surface area contributed by atoms with Crippen molar-refractivity contribution in [1.82, 2.24) is 0 Å². The van der Waals surface area contributed by atoms with E-state index in [1.165, 1.54) is 0 Å². The number of methoxy groups -OCH3 is 1. The SMILES string of the molecule is C=CC[C@H](CCC)OCOC. The summed E-state index contributed by atoms with van der Waals surface area (Å²) >= 11 is 0. The highest BCUT2D eigenvalue weighted by Gasteiger charge is 2.04. The average molecular weight is 158 g/mol. The predicted molar refractivity (Wildman–Crippen MR) is 46.5 cm³/mol. The Kier molecular flexibility index (Phi) is 7.52. The van der Waals surface area contributed by atoms with Gasteiger partial charge in [-0.2, -0.15) is 0 Å². The van der Waals surface area contributed by atoms with Crippen LogP contribution in [0.3, 0.4) is 0 Å². The van der Waals surface area contributed by atoms with Crippen LogP contribution in [0.2, 0.25) is 0 Å². The first kappa shape index (κ1) is 10.7. The molecule has 0 aromatic heterocycles. The summed E-state index contributed by atoms with van der Waals surface area (Å²) in [6.45, 7) is 6.20. The first-order chi connectivity index (χ1) is 5.35. The van der Waals surface area contributed by atoms with E-state index in [1.54, 1.807) is 7.11 Å². The third-order valence-corrected chi connectivity index (χ3v) is 1.46. The lowest BCUT2D eigenvalue weighted by atomic mass is 10.1. The van der Waals surface area contributed by atoms with Gasteiger partial charge < -0.3 is 9.47 Å². The van der Waals surface area contributed by atoms with Gasteiger partial charge in [0.2, 0.25) is 0 Å². The van der Waals surface area contributed by atoms with Gasteiger partial charge in [0.1, 0.15) is 6.79 Å². The molecule has 0 heterocycles. The van der Waals surface area contributed by atoms with Crippen molar-refractivity contribution in [3.05, 3.63) is 12.7 Å². The first-order valence-corrected chi connectivity index (χ1v) is 4.06. The monoisotopic (exact) mass is 158 g/mol. The van der Waals surface area contributed by atoms with Crippen LogP contribution >= 0.6 is 0 Å². The van der Waals surface area contributed by atoms with E-state index in [0.717, 1.165) is 19.3 Å². The van der Waals surface area contributed by atoms with Crippen LogP contribution in [-0.2, 0) is 9.47 Å². The Morgan fingerprint density at radius 1 is 1.55 bits per heavy atom. The molecule has 0 aliphatic heterocycles. The fourth-order valence-electron chi connectivity index (χ4n) is 0.941. The molecular weight excluding hydrogens is 140 g/mol. The molecule has 2 heteroatoms. The third kappa shape index (κ3) is 6.07. The Bertz CT molecular complexity index is 91.6. The van der Waals surface area contributed by atoms with E-state index in [9.17, 15) is 0 Å². The lowest BCUT2D eigenvalue weighted by Gasteiger charge is -2.13. The molecule has 2 nitrogen and oxygen atoms in total. The highest BCUT2D eigenvalue weighted by Crippen LogP contribution is 2.06. The molecule has 0 saturated heterocycles. The van der Waals surface area contributed by atoms with E-state index < -0.39 is 0 Å². The molecular formula is C9H18O2. The topological polar surface area (TPSA) is 18.5 Å². The lowest BCUT2D eigenvalue weighted by molar-refractivity contribution is -0.0728. The molecule has 0 rings (SSSR count). The molecule has 0 amide bonds. The fourth-order valence-corrected chi connectivity index (χ4v) is 0.941. The van der Waals surface area contributed by atoms with Gasteiger partial charge >= 0.3 is 0 Å². The van der Waals surface area contributed by atoms with Crippen LogP contribution in [-0.4, -0.2) is 20.0 Å². The zero-order valence-corrected chi connectivity index (χ0v) is 7.51. The van der Waals surface area contributed by atoms with Crippen LogP contribution in [0.4, 0.5) is 0 Å². The van der Waals surface area contributed by atoms with E-state index >= 15 is 0 Å². The minimum Gasteiger partial charge on any atom is -0.359 e. The van der Waals surface area contributed by atoms with Crippen molar-refractivity contribution in [2.75, 3.05) is 13.9 Å². The van der Waals surface area contributed by atoms with Crippen molar-refractivity contribution >= 4 is 0 Å². The average Bonchev–Trinajstić information content (AvgIpc) is 2.01. The van der Waals surface area contributed by atoms with Gasteiger partial charge in [-0.1, -0.05) is 19.4 Å². The first-order valence-electron chi connectivity index (χ1n) is 4.06. The van der Waals surface area contributed by atoms with Crippen molar-refractivity contribution in [2.24, 2.45) is 0 Å². The Hall–Kier alpha value is -0.340. The standard InChI is InChI=1S/C9H18O2/c1-4-6-9(7-5-2)11-8-10-3/h4,9H,1,5-8H2,2-3H3/t9-/m1/s1.